The second-order valence-electron chi connectivity index (χ2n) is 6.70. The van der Waals surface area contributed by atoms with E-state index in [1.165, 1.54) is 23.9 Å². The molecular formula is C22H16N2O4S. The molecule has 6 nitrogen and oxygen atoms in total. The number of nitrogens with zero attached hydrogens (tertiary/aromatic N) is 2. The lowest BCUT2D eigenvalue weighted by molar-refractivity contribution is -0.121. The lowest BCUT2D eigenvalue weighted by atomic mass is 10.2. The van der Waals surface area contributed by atoms with Gasteiger partial charge in [-0.05, 0) is 62.4 Å². The summed E-state index contributed by atoms with van der Waals surface area (Å²) in [5.41, 5.74) is 1.91. The molecule has 2 aromatic rings. The lowest BCUT2D eigenvalue weighted by Gasteiger charge is -2.15. The van der Waals surface area contributed by atoms with E-state index in [9.17, 15) is 19.2 Å². The highest BCUT2D eigenvalue weighted by Crippen LogP contribution is 2.32. The van der Waals surface area contributed by atoms with E-state index in [1.54, 1.807) is 38.1 Å². The Kier molecular flexibility index (Phi) is 4.68. The smallest absolute Gasteiger partial charge is 0.261 e. The van der Waals surface area contributed by atoms with Gasteiger partial charge >= 0.3 is 0 Å². The molecule has 0 spiro atoms. The van der Waals surface area contributed by atoms with Gasteiger partial charge in [-0.3, -0.25) is 19.2 Å². The van der Waals surface area contributed by atoms with Gasteiger partial charge in [-0.1, -0.05) is 11.8 Å². The van der Waals surface area contributed by atoms with Crippen molar-refractivity contribution < 1.29 is 19.2 Å². The Hall–Kier alpha value is -3.45. The minimum atomic E-state index is -0.334. The van der Waals surface area contributed by atoms with Crippen molar-refractivity contribution in [3.05, 3.63) is 71.8 Å². The molecule has 2 aliphatic heterocycles. The van der Waals surface area contributed by atoms with Crippen LogP contribution in [0.5, 0.6) is 0 Å². The normalized spacial score (nSPS) is 16.6. The Bertz CT molecular complexity index is 1030. The van der Waals surface area contributed by atoms with Crippen LogP contribution in [0.1, 0.15) is 13.8 Å². The van der Waals surface area contributed by atoms with Gasteiger partial charge in [0.2, 0.25) is 0 Å². The van der Waals surface area contributed by atoms with Crippen molar-refractivity contribution >= 4 is 46.8 Å². The molecule has 0 bridgehead atoms. The number of carbonyl (C=O) groups excluding carboxylic acids is 4. The molecule has 29 heavy (non-hydrogen) atoms. The summed E-state index contributed by atoms with van der Waals surface area (Å²) >= 11 is 1.49. The van der Waals surface area contributed by atoms with E-state index >= 15 is 0 Å². The fourth-order valence-corrected chi connectivity index (χ4v) is 3.94. The van der Waals surface area contributed by atoms with Crippen LogP contribution in [0.4, 0.5) is 11.4 Å². The van der Waals surface area contributed by atoms with Gasteiger partial charge in [0.05, 0.1) is 11.4 Å². The first kappa shape index (κ1) is 18.9. The Morgan fingerprint density at radius 2 is 0.931 bits per heavy atom. The van der Waals surface area contributed by atoms with Crippen molar-refractivity contribution in [3.63, 3.8) is 0 Å². The van der Waals surface area contributed by atoms with Gasteiger partial charge in [0.25, 0.3) is 23.6 Å². The molecule has 144 valence electrons. The highest BCUT2D eigenvalue weighted by molar-refractivity contribution is 7.99. The summed E-state index contributed by atoms with van der Waals surface area (Å²) in [6.45, 7) is 3.24. The SMILES string of the molecule is CC1=CC(=O)N(c2ccc(Sc3ccc(N4C(=O)C=C(C)C4=O)cc3)cc2)C1=O. The molecule has 0 unspecified atom stereocenters. The van der Waals surface area contributed by atoms with Gasteiger partial charge in [-0.15, -0.1) is 0 Å². The maximum Gasteiger partial charge on any atom is 0.261 e. The van der Waals surface area contributed by atoms with Crippen LogP contribution in [0.25, 0.3) is 0 Å². The Morgan fingerprint density at radius 1 is 0.586 bits per heavy atom. The van der Waals surface area contributed by atoms with Crippen LogP contribution in [0.15, 0.2) is 81.6 Å². The standard InChI is InChI=1S/C22H16N2O4S/c1-13-11-19(25)23(21(13)27)15-3-7-17(8-4-15)29-18-9-5-16(6-10-18)24-20(26)12-14(2)22(24)28/h3-12H,1-2H3. The highest BCUT2D eigenvalue weighted by atomic mass is 32.2. The Labute approximate surface area is 171 Å². The van der Waals surface area contributed by atoms with Gasteiger partial charge in [0.1, 0.15) is 0 Å². The van der Waals surface area contributed by atoms with E-state index in [0.29, 0.717) is 22.5 Å². The van der Waals surface area contributed by atoms with Crippen molar-refractivity contribution in [1.82, 2.24) is 0 Å². The molecule has 0 N–H and O–H groups in total. The molecular weight excluding hydrogens is 388 g/mol. The predicted octanol–water partition coefficient (Wildman–Crippen LogP) is 3.48. The Balaban J connectivity index is 1.46. The van der Waals surface area contributed by atoms with E-state index in [4.69, 9.17) is 0 Å². The molecule has 2 aliphatic rings. The maximum atomic E-state index is 12.1. The van der Waals surface area contributed by atoms with Crippen LogP contribution in [-0.2, 0) is 19.2 Å². The fourth-order valence-electron chi connectivity index (χ4n) is 3.13. The molecule has 4 amide bonds. The number of hydrogen-bond acceptors (Lipinski definition) is 5. The quantitative estimate of drug-likeness (QED) is 0.730. The number of imide groups is 2. The number of amides is 4. The van der Waals surface area contributed by atoms with Gasteiger partial charge < -0.3 is 0 Å². The van der Waals surface area contributed by atoms with Crippen molar-refractivity contribution in [3.8, 4) is 0 Å². The number of hydrogen-bond donors (Lipinski definition) is 0. The number of carbonyl (C=O) groups is 4. The summed E-state index contributed by atoms with van der Waals surface area (Å²) < 4.78 is 0. The van der Waals surface area contributed by atoms with Gasteiger partial charge in [0, 0.05) is 33.1 Å². The minimum absolute atomic E-state index is 0.304. The van der Waals surface area contributed by atoms with Gasteiger partial charge in [0.15, 0.2) is 0 Å². The monoisotopic (exact) mass is 404 g/mol. The molecule has 0 aliphatic carbocycles. The third kappa shape index (κ3) is 3.40. The topological polar surface area (TPSA) is 74.8 Å². The first-order chi connectivity index (χ1) is 13.8. The zero-order valence-electron chi connectivity index (χ0n) is 15.7. The van der Waals surface area contributed by atoms with E-state index in [1.807, 2.05) is 24.3 Å². The summed E-state index contributed by atoms with van der Waals surface area (Å²) in [4.78, 5) is 52.2. The maximum absolute atomic E-state index is 12.1. The first-order valence-corrected chi connectivity index (χ1v) is 9.68. The number of rotatable bonds is 4. The molecule has 0 radical (unpaired) electrons. The third-order valence-electron chi connectivity index (χ3n) is 4.63. The Morgan fingerprint density at radius 3 is 1.21 bits per heavy atom. The largest absolute Gasteiger partial charge is 0.269 e. The molecule has 2 aromatic carbocycles. The first-order valence-electron chi connectivity index (χ1n) is 8.86. The third-order valence-corrected chi connectivity index (χ3v) is 5.64. The molecule has 4 rings (SSSR count). The van der Waals surface area contributed by atoms with Gasteiger partial charge in [-0.2, -0.15) is 0 Å². The van der Waals surface area contributed by atoms with Crippen LogP contribution < -0.4 is 9.80 Å². The van der Waals surface area contributed by atoms with Crippen LogP contribution in [0.2, 0.25) is 0 Å². The van der Waals surface area contributed by atoms with Gasteiger partial charge in [-0.25, -0.2) is 9.80 Å². The van der Waals surface area contributed by atoms with Crippen LogP contribution in [0.3, 0.4) is 0 Å². The van der Waals surface area contributed by atoms with Crippen molar-refractivity contribution in [2.75, 3.05) is 9.80 Å². The summed E-state index contributed by atoms with van der Waals surface area (Å²) in [6, 6.07) is 14.3. The summed E-state index contributed by atoms with van der Waals surface area (Å²) in [7, 11) is 0. The van der Waals surface area contributed by atoms with Crippen molar-refractivity contribution in [2.45, 2.75) is 23.6 Å². The second kappa shape index (κ2) is 7.18. The molecule has 2 heterocycles. The summed E-state index contributed by atoms with van der Waals surface area (Å²) in [6.07, 6.45) is 2.67. The molecule has 0 fully saturated rings. The van der Waals surface area contributed by atoms with E-state index in [-0.39, 0.29) is 23.6 Å². The number of anilines is 2. The summed E-state index contributed by atoms with van der Waals surface area (Å²) in [5, 5.41) is 0. The predicted molar refractivity (Wildman–Crippen MR) is 110 cm³/mol. The van der Waals surface area contributed by atoms with Crippen LogP contribution >= 0.6 is 11.8 Å². The number of benzene rings is 2. The molecule has 0 atom stereocenters. The molecule has 0 saturated carbocycles. The van der Waals surface area contributed by atoms with Crippen LogP contribution in [0, 0.1) is 0 Å². The fraction of sp³-hybridized carbons (Fsp3) is 0.0909. The van der Waals surface area contributed by atoms with Crippen molar-refractivity contribution in [2.24, 2.45) is 0 Å². The van der Waals surface area contributed by atoms with E-state index < -0.39 is 0 Å². The van der Waals surface area contributed by atoms with E-state index in [0.717, 1.165) is 19.6 Å². The highest BCUT2D eigenvalue weighted by Gasteiger charge is 2.30. The summed E-state index contributed by atoms with van der Waals surface area (Å²) in [5.74, 6) is -1.28. The second-order valence-corrected chi connectivity index (χ2v) is 7.85. The molecule has 7 heteroatoms. The lowest BCUT2D eigenvalue weighted by Crippen LogP contribution is -2.30. The molecule has 0 saturated heterocycles. The average Bonchev–Trinajstić information content (AvgIpc) is 3.10. The van der Waals surface area contributed by atoms with Crippen LogP contribution in [-0.4, -0.2) is 23.6 Å². The average molecular weight is 404 g/mol. The minimum Gasteiger partial charge on any atom is -0.269 e. The van der Waals surface area contributed by atoms with E-state index in [2.05, 4.69) is 0 Å². The molecule has 0 aromatic heterocycles. The van der Waals surface area contributed by atoms with Crippen molar-refractivity contribution in [1.29, 1.82) is 0 Å². The zero-order chi connectivity index (χ0) is 20.7. The zero-order valence-corrected chi connectivity index (χ0v) is 16.5.